The van der Waals surface area contributed by atoms with Gasteiger partial charge in [0.2, 0.25) is 5.41 Å². The Morgan fingerprint density at radius 1 is 0.667 bits per heavy atom. The van der Waals surface area contributed by atoms with Crippen LogP contribution in [-0.2, 0) is 4.79 Å². The molecule has 2 unspecified atom stereocenters. The van der Waals surface area contributed by atoms with E-state index in [1.807, 2.05) is 0 Å². The molecular weight excluding hydrogens is 437 g/mol. The fraction of sp³-hybridized carbons (Fsp3) is 0.900. The molecule has 1 N–H and O–H groups in total. The highest BCUT2D eigenvalue weighted by atomic mass is 19.4. The van der Waals surface area contributed by atoms with Crippen molar-refractivity contribution in [3.05, 3.63) is 0 Å². The second-order valence-corrected chi connectivity index (χ2v) is 5.47. The Kier molecular flexibility index (Phi) is 4.58. The molecule has 17 heteroatoms. The Bertz CT molecular complexity index is 631. The smallest absolute Gasteiger partial charge is 0.430 e. The lowest BCUT2D eigenvalue weighted by molar-refractivity contribution is -0.424. The van der Waals surface area contributed by atoms with Crippen LogP contribution in [0.25, 0.3) is 0 Å². The monoisotopic (exact) mass is 440 g/mol. The molecule has 0 aliphatic heterocycles. The van der Waals surface area contributed by atoms with Gasteiger partial charge in [-0.25, -0.2) is 4.39 Å². The summed E-state index contributed by atoms with van der Waals surface area (Å²) in [5.74, 6) is -35.7. The van der Waals surface area contributed by atoms with E-state index in [0.717, 1.165) is 0 Å². The number of hydrogen-bond acceptors (Lipinski definition) is 1. The normalized spacial score (nSPS) is 35.4. The third-order valence-corrected chi connectivity index (χ3v) is 4.00. The minimum Gasteiger partial charge on any atom is -0.480 e. The molecule has 0 spiro atoms. The van der Waals surface area contributed by atoms with Crippen molar-refractivity contribution < 1.29 is 75.8 Å². The molecule has 1 saturated carbocycles. The average Bonchev–Trinajstić information content (AvgIpc) is 2.40. The molecule has 0 radical (unpaired) electrons. The molecule has 2 nitrogen and oxygen atoms in total. The number of carboxylic acids is 1. The van der Waals surface area contributed by atoms with Gasteiger partial charge >= 0.3 is 42.0 Å². The summed E-state index contributed by atoms with van der Waals surface area (Å²) in [7, 11) is 0. The van der Waals surface area contributed by atoms with Crippen LogP contribution in [0.15, 0.2) is 0 Å². The zero-order chi connectivity index (χ0) is 22.3. The summed E-state index contributed by atoms with van der Waals surface area (Å²) in [6, 6.07) is 0. The Labute approximate surface area is 136 Å². The fourth-order valence-electron chi connectivity index (χ4n) is 2.54. The molecular formula is C10H3F15O2. The van der Waals surface area contributed by atoms with Gasteiger partial charge in [0, 0.05) is 6.42 Å². The maximum atomic E-state index is 14.2. The van der Waals surface area contributed by atoms with Gasteiger partial charge in [-0.1, -0.05) is 0 Å². The minimum atomic E-state index is -8.30. The van der Waals surface area contributed by atoms with Crippen molar-refractivity contribution in [2.45, 2.75) is 48.1 Å². The summed E-state index contributed by atoms with van der Waals surface area (Å²) in [5, 5.41) is 8.34. The number of carbonyl (C=O) groups is 1. The van der Waals surface area contributed by atoms with E-state index in [1.165, 1.54) is 0 Å². The highest BCUT2D eigenvalue weighted by molar-refractivity contribution is 5.79. The Morgan fingerprint density at radius 3 is 1.30 bits per heavy atom. The first-order chi connectivity index (χ1) is 11.4. The van der Waals surface area contributed by atoms with Crippen molar-refractivity contribution in [2.24, 2.45) is 5.41 Å². The molecule has 0 saturated heterocycles. The topological polar surface area (TPSA) is 37.3 Å². The zero-order valence-corrected chi connectivity index (χ0v) is 11.7. The number of carboxylic acid groups (broad SMARTS) is 1. The molecule has 1 fully saturated rings. The van der Waals surface area contributed by atoms with E-state index in [1.54, 1.807) is 0 Å². The average molecular weight is 440 g/mol. The van der Waals surface area contributed by atoms with Gasteiger partial charge < -0.3 is 5.11 Å². The van der Waals surface area contributed by atoms with Crippen LogP contribution in [0, 0.1) is 5.41 Å². The molecule has 2 atom stereocenters. The number of halogens is 15. The van der Waals surface area contributed by atoms with Crippen LogP contribution in [0.5, 0.6) is 0 Å². The van der Waals surface area contributed by atoms with E-state index in [9.17, 15) is 70.7 Å². The fourth-order valence-corrected chi connectivity index (χ4v) is 2.54. The van der Waals surface area contributed by atoms with Gasteiger partial charge in [0.05, 0.1) is 0 Å². The molecule has 0 amide bonds. The van der Waals surface area contributed by atoms with Crippen LogP contribution in [0.3, 0.4) is 0 Å². The lowest BCUT2D eigenvalue weighted by Crippen LogP contribution is -2.76. The molecule has 0 aromatic carbocycles. The molecule has 1 aliphatic carbocycles. The van der Waals surface area contributed by atoms with Gasteiger partial charge in [-0.3, -0.25) is 4.79 Å². The van der Waals surface area contributed by atoms with Crippen molar-refractivity contribution in [3.63, 3.8) is 0 Å². The van der Waals surface area contributed by atoms with Gasteiger partial charge in [-0.05, 0) is 0 Å². The molecule has 0 heterocycles. The highest BCUT2D eigenvalue weighted by Crippen LogP contribution is 2.72. The maximum Gasteiger partial charge on any atom is 0.430 e. The molecule has 1 rings (SSSR count). The van der Waals surface area contributed by atoms with Crippen LogP contribution >= 0.6 is 0 Å². The summed E-state index contributed by atoms with van der Waals surface area (Å²) < 4.78 is 198. The van der Waals surface area contributed by atoms with E-state index < -0.39 is 59.5 Å². The molecule has 1 aliphatic rings. The largest absolute Gasteiger partial charge is 0.480 e. The summed E-state index contributed by atoms with van der Waals surface area (Å²) >= 11 is 0. The summed E-state index contributed by atoms with van der Waals surface area (Å²) in [4.78, 5) is 10.7. The minimum absolute atomic E-state index is 4.48. The number of aliphatic carboxylic acids is 1. The second-order valence-electron chi connectivity index (χ2n) is 5.47. The molecule has 0 aromatic rings. The van der Waals surface area contributed by atoms with Gasteiger partial charge in [-0.15, -0.1) is 0 Å². The van der Waals surface area contributed by atoms with Crippen LogP contribution in [0.1, 0.15) is 6.42 Å². The van der Waals surface area contributed by atoms with E-state index in [2.05, 4.69) is 0 Å². The maximum absolute atomic E-state index is 14.2. The number of rotatable bonds is 1. The Morgan fingerprint density at radius 2 is 1.04 bits per heavy atom. The number of hydrogen-bond donors (Lipinski definition) is 1. The van der Waals surface area contributed by atoms with Gasteiger partial charge in [0.1, 0.15) is 0 Å². The van der Waals surface area contributed by atoms with Crippen molar-refractivity contribution >= 4 is 5.97 Å². The molecule has 27 heavy (non-hydrogen) atoms. The summed E-state index contributed by atoms with van der Waals surface area (Å²) in [6.45, 7) is 0. The molecule has 160 valence electrons. The van der Waals surface area contributed by atoms with Crippen molar-refractivity contribution in [1.29, 1.82) is 0 Å². The lowest BCUT2D eigenvalue weighted by Gasteiger charge is -2.46. The van der Waals surface area contributed by atoms with Crippen LogP contribution in [-0.4, -0.2) is 52.8 Å². The quantitative estimate of drug-likeness (QED) is 0.469. The van der Waals surface area contributed by atoms with E-state index in [-0.39, 0.29) is 0 Å². The summed E-state index contributed by atoms with van der Waals surface area (Å²) in [6.07, 6.45) is -20.2. The lowest BCUT2D eigenvalue weighted by atomic mass is 9.66. The van der Waals surface area contributed by atoms with Gasteiger partial charge in [0.15, 0.2) is 0 Å². The van der Waals surface area contributed by atoms with E-state index in [4.69, 9.17) is 5.11 Å². The SMILES string of the molecule is O=C(O)C1(C(F)(F)F)CC(F)(F)C(F)(F)C(F)(F)C(F)(F)C1(F)C(F)(F)F. The molecule has 0 aromatic heterocycles. The predicted octanol–water partition coefficient (Wildman–Crippen LogP) is 4.84. The third kappa shape index (κ3) is 2.28. The zero-order valence-electron chi connectivity index (χ0n) is 11.7. The first kappa shape index (κ1) is 23.5. The van der Waals surface area contributed by atoms with E-state index in [0.29, 0.717) is 0 Å². The Balaban J connectivity index is 4.36. The van der Waals surface area contributed by atoms with Gasteiger partial charge in [0.25, 0.3) is 5.67 Å². The highest BCUT2D eigenvalue weighted by Gasteiger charge is 3.01. The standard InChI is InChI=1S/C10H3F15O2/c11-4(12)1-3(2(26)27,9(20,21)22)5(13,10(23,24)25)7(16,17)8(18,19)6(4,14)15/h1H2,(H,26,27). The van der Waals surface area contributed by atoms with E-state index >= 15 is 0 Å². The van der Waals surface area contributed by atoms with Gasteiger partial charge in [-0.2, -0.15) is 61.5 Å². The summed E-state index contributed by atoms with van der Waals surface area (Å²) in [5.41, 5.74) is -15.2. The second kappa shape index (κ2) is 5.27. The number of alkyl halides is 15. The third-order valence-electron chi connectivity index (χ3n) is 4.00. The van der Waals surface area contributed by atoms with Crippen LogP contribution in [0.2, 0.25) is 0 Å². The van der Waals surface area contributed by atoms with Crippen LogP contribution in [0.4, 0.5) is 65.9 Å². The molecule has 0 bridgehead atoms. The Hall–Kier alpha value is -1.58. The van der Waals surface area contributed by atoms with Crippen LogP contribution < -0.4 is 0 Å². The van der Waals surface area contributed by atoms with Crippen molar-refractivity contribution in [3.8, 4) is 0 Å². The van der Waals surface area contributed by atoms with Crippen molar-refractivity contribution in [2.75, 3.05) is 0 Å². The first-order valence-electron chi connectivity index (χ1n) is 5.97. The first-order valence-corrected chi connectivity index (χ1v) is 5.97. The van der Waals surface area contributed by atoms with Crippen molar-refractivity contribution in [1.82, 2.24) is 0 Å². The predicted molar refractivity (Wildman–Crippen MR) is 50.4 cm³/mol.